The molecule has 8 nitrogen and oxygen atoms in total. The van der Waals surface area contributed by atoms with E-state index in [2.05, 4.69) is 61.9 Å². The predicted molar refractivity (Wildman–Crippen MR) is 135 cm³/mol. The summed E-state index contributed by atoms with van der Waals surface area (Å²) in [6.45, 7) is 4.36. The van der Waals surface area contributed by atoms with E-state index in [1.165, 1.54) is 17.3 Å². The van der Waals surface area contributed by atoms with Gasteiger partial charge in [0.2, 0.25) is 11.7 Å². The normalized spacial score (nSPS) is 11.2. The molecular formula is C26H24N6O2S. The minimum atomic E-state index is 0.330. The average molecular weight is 485 g/mol. The van der Waals surface area contributed by atoms with E-state index in [4.69, 9.17) is 9.26 Å². The van der Waals surface area contributed by atoms with E-state index in [-0.39, 0.29) is 0 Å². The van der Waals surface area contributed by atoms with E-state index in [0.29, 0.717) is 23.4 Å². The summed E-state index contributed by atoms with van der Waals surface area (Å²) in [6, 6.07) is 19.7. The van der Waals surface area contributed by atoms with Gasteiger partial charge in [0.15, 0.2) is 11.0 Å². The first kappa shape index (κ1) is 22.8. The zero-order valence-corrected chi connectivity index (χ0v) is 20.4. The fourth-order valence-electron chi connectivity index (χ4n) is 3.74. The Kier molecular flexibility index (Phi) is 6.58. The van der Waals surface area contributed by atoms with Crippen LogP contribution in [0.25, 0.3) is 28.5 Å². The molecule has 0 spiro atoms. The van der Waals surface area contributed by atoms with Gasteiger partial charge in [0, 0.05) is 23.5 Å². The second kappa shape index (κ2) is 10.1. The predicted octanol–water partition coefficient (Wildman–Crippen LogP) is 5.80. The highest BCUT2D eigenvalue weighted by Gasteiger charge is 2.20. The first-order valence-corrected chi connectivity index (χ1v) is 12.2. The van der Waals surface area contributed by atoms with Crippen LogP contribution < -0.4 is 4.74 Å². The van der Waals surface area contributed by atoms with E-state index >= 15 is 0 Å². The molecule has 5 aromatic rings. The van der Waals surface area contributed by atoms with Crippen LogP contribution in [-0.2, 0) is 5.75 Å². The minimum absolute atomic E-state index is 0.330. The molecule has 9 heteroatoms. The van der Waals surface area contributed by atoms with Gasteiger partial charge in [-0.25, -0.2) is 0 Å². The lowest BCUT2D eigenvalue weighted by Gasteiger charge is -2.16. The Bertz CT molecular complexity index is 1410. The third-order valence-corrected chi connectivity index (χ3v) is 6.41. The van der Waals surface area contributed by atoms with Crippen LogP contribution in [0.5, 0.6) is 5.75 Å². The number of hydrogen-bond acceptors (Lipinski definition) is 8. The Labute approximate surface area is 207 Å². The monoisotopic (exact) mass is 484 g/mol. The molecule has 0 saturated heterocycles. The first-order valence-electron chi connectivity index (χ1n) is 11.2. The van der Waals surface area contributed by atoms with Gasteiger partial charge in [-0.2, -0.15) is 4.98 Å². The zero-order chi connectivity index (χ0) is 24.2. The number of aromatic nitrogens is 6. The number of rotatable bonds is 8. The zero-order valence-electron chi connectivity index (χ0n) is 19.6. The second-order valence-electron chi connectivity index (χ2n) is 8.13. The summed E-state index contributed by atoms with van der Waals surface area (Å²) in [5.74, 6) is 3.34. The molecule has 35 heavy (non-hydrogen) atoms. The van der Waals surface area contributed by atoms with Crippen LogP contribution in [0.3, 0.4) is 0 Å². The lowest BCUT2D eigenvalue weighted by Crippen LogP contribution is -2.05. The molecule has 0 aliphatic carbocycles. The molecule has 3 aromatic heterocycles. The highest BCUT2D eigenvalue weighted by atomic mass is 32.2. The van der Waals surface area contributed by atoms with Crippen LogP contribution in [-0.4, -0.2) is 37.0 Å². The summed E-state index contributed by atoms with van der Waals surface area (Å²) in [5.41, 5.74) is 4.00. The van der Waals surface area contributed by atoms with Crippen LogP contribution in [0.15, 0.2) is 82.7 Å². The van der Waals surface area contributed by atoms with Crippen molar-refractivity contribution in [2.45, 2.75) is 30.7 Å². The topological polar surface area (TPSA) is 91.8 Å². The molecule has 0 fully saturated rings. The van der Waals surface area contributed by atoms with E-state index in [1.54, 1.807) is 19.5 Å². The van der Waals surface area contributed by atoms with Crippen molar-refractivity contribution in [2.24, 2.45) is 0 Å². The molecule has 0 amide bonds. The Balaban J connectivity index is 1.46. The van der Waals surface area contributed by atoms with Gasteiger partial charge in [-0.1, -0.05) is 49.0 Å². The van der Waals surface area contributed by atoms with Crippen LogP contribution >= 0.6 is 11.8 Å². The van der Waals surface area contributed by atoms with Gasteiger partial charge >= 0.3 is 0 Å². The highest BCUT2D eigenvalue weighted by Crippen LogP contribution is 2.33. The fraction of sp³-hybridized carbons (Fsp3) is 0.192. The summed E-state index contributed by atoms with van der Waals surface area (Å²) >= 11 is 1.50. The van der Waals surface area contributed by atoms with Crippen molar-refractivity contribution in [1.29, 1.82) is 0 Å². The minimum Gasteiger partial charge on any atom is -0.497 e. The summed E-state index contributed by atoms with van der Waals surface area (Å²) < 4.78 is 12.8. The molecule has 0 bridgehead atoms. The molecule has 0 aliphatic rings. The number of nitrogens with zero attached hydrogens (tertiary/aromatic N) is 6. The summed E-state index contributed by atoms with van der Waals surface area (Å²) in [7, 11) is 1.64. The van der Waals surface area contributed by atoms with Gasteiger partial charge in [-0.15, -0.1) is 10.2 Å². The molecular weight excluding hydrogens is 460 g/mol. The number of benzene rings is 2. The van der Waals surface area contributed by atoms with E-state index in [9.17, 15) is 0 Å². The molecule has 0 radical (unpaired) electrons. The van der Waals surface area contributed by atoms with Gasteiger partial charge < -0.3 is 9.26 Å². The van der Waals surface area contributed by atoms with Crippen molar-refractivity contribution in [1.82, 2.24) is 29.9 Å². The number of methoxy groups -OCH3 is 1. The molecule has 5 rings (SSSR count). The largest absolute Gasteiger partial charge is 0.497 e. The number of pyridine rings is 1. The molecule has 0 N–H and O–H groups in total. The van der Waals surface area contributed by atoms with Crippen molar-refractivity contribution in [3.63, 3.8) is 0 Å². The highest BCUT2D eigenvalue weighted by molar-refractivity contribution is 7.98. The first-order chi connectivity index (χ1) is 17.1. The Morgan fingerprint density at radius 2 is 1.80 bits per heavy atom. The maximum atomic E-state index is 5.52. The second-order valence-corrected chi connectivity index (χ2v) is 9.07. The van der Waals surface area contributed by atoms with E-state index in [1.807, 2.05) is 42.5 Å². The summed E-state index contributed by atoms with van der Waals surface area (Å²) in [4.78, 5) is 8.83. The van der Waals surface area contributed by atoms with Gasteiger partial charge in [-0.05, 0) is 53.9 Å². The molecule has 3 heterocycles. The third-order valence-electron chi connectivity index (χ3n) is 5.49. The van der Waals surface area contributed by atoms with Gasteiger partial charge in [0.1, 0.15) is 5.75 Å². The molecule has 0 aliphatic heterocycles. The number of thioether (sulfide) groups is 1. The van der Waals surface area contributed by atoms with Crippen LogP contribution in [0.1, 0.15) is 31.2 Å². The average Bonchev–Trinajstić information content (AvgIpc) is 3.55. The van der Waals surface area contributed by atoms with Crippen LogP contribution in [0.4, 0.5) is 0 Å². The number of para-hydroxylation sites is 1. The Morgan fingerprint density at radius 1 is 0.971 bits per heavy atom. The molecule has 0 saturated carbocycles. The standard InChI is InChI=1S/C26H24N6O2S/c1-17(2)21-8-4-5-9-22(21)32-25(19-7-6-14-27-15-19)29-30-26(32)35-16-23-28-24(31-34-23)18-10-12-20(33-3)13-11-18/h4-15,17H,16H2,1-3H3. The number of ether oxygens (including phenoxy) is 1. The molecule has 0 unspecified atom stereocenters. The van der Waals surface area contributed by atoms with Crippen molar-refractivity contribution < 1.29 is 9.26 Å². The Hall–Kier alpha value is -3.98. The smallest absolute Gasteiger partial charge is 0.237 e. The van der Waals surface area contributed by atoms with Gasteiger partial charge in [-0.3, -0.25) is 9.55 Å². The van der Waals surface area contributed by atoms with Crippen molar-refractivity contribution in [2.75, 3.05) is 7.11 Å². The van der Waals surface area contributed by atoms with Crippen molar-refractivity contribution in [3.8, 4) is 34.2 Å². The molecule has 176 valence electrons. The lowest BCUT2D eigenvalue weighted by molar-refractivity contribution is 0.391. The van der Waals surface area contributed by atoms with Crippen LogP contribution in [0.2, 0.25) is 0 Å². The maximum absolute atomic E-state index is 5.52. The van der Waals surface area contributed by atoms with Gasteiger partial charge in [0.05, 0.1) is 18.6 Å². The summed E-state index contributed by atoms with van der Waals surface area (Å²) in [6.07, 6.45) is 3.55. The fourth-order valence-corrected chi connectivity index (χ4v) is 4.52. The molecule has 2 aromatic carbocycles. The van der Waals surface area contributed by atoms with Gasteiger partial charge in [0.25, 0.3) is 0 Å². The Morgan fingerprint density at radius 3 is 2.54 bits per heavy atom. The number of hydrogen-bond donors (Lipinski definition) is 0. The lowest BCUT2D eigenvalue weighted by atomic mass is 10.0. The van der Waals surface area contributed by atoms with Crippen molar-refractivity contribution >= 4 is 11.8 Å². The molecule has 0 atom stereocenters. The van der Waals surface area contributed by atoms with Crippen molar-refractivity contribution in [3.05, 3.63) is 84.5 Å². The van der Waals surface area contributed by atoms with Crippen LogP contribution in [0, 0.1) is 0 Å². The SMILES string of the molecule is COc1ccc(-c2noc(CSc3nnc(-c4cccnc4)n3-c3ccccc3C(C)C)n2)cc1. The summed E-state index contributed by atoms with van der Waals surface area (Å²) in [5, 5.41) is 13.9. The quantitative estimate of drug-likeness (QED) is 0.255. The maximum Gasteiger partial charge on any atom is 0.237 e. The van der Waals surface area contributed by atoms with E-state index in [0.717, 1.165) is 33.5 Å². The van der Waals surface area contributed by atoms with E-state index < -0.39 is 0 Å². The third kappa shape index (κ3) is 4.81.